The minimum Gasteiger partial charge on any atom is -0.288 e. The van der Waals surface area contributed by atoms with Gasteiger partial charge in [0.15, 0.2) is 0 Å². The standard InChI is InChI=1S/C12H7BrClFOS/c1-6-4-10(17-12(6)13)11(16)7-2-3-9(15)8(14)5-7/h2-5H,1H3. The number of hydrogen-bond acceptors (Lipinski definition) is 2. The number of halogens is 3. The lowest BCUT2D eigenvalue weighted by atomic mass is 10.1. The molecule has 0 amide bonds. The van der Waals surface area contributed by atoms with Crippen LogP contribution in [0, 0.1) is 12.7 Å². The van der Waals surface area contributed by atoms with Gasteiger partial charge in [0, 0.05) is 5.56 Å². The third kappa shape index (κ3) is 2.59. The van der Waals surface area contributed by atoms with E-state index >= 15 is 0 Å². The van der Waals surface area contributed by atoms with Crippen molar-refractivity contribution in [1.82, 2.24) is 0 Å². The smallest absolute Gasteiger partial charge is 0.203 e. The summed E-state index contributed by atoms with van der Waals surface area (Å²) in [7, 11) is 0. The fourth-order valence-electron chi connectivity index (χ4n) is 1.35. The molecule has 1 aromatic heterocycles. The molecule has 5 heteroatoms. The lowest BCUT2D eigenvalue weighted by Gasteiger charge is -1.99. The zero-order valence-corrected chi connectivity index (χ0v) is 11.9. The molecule has 0 spiro atoms. The van der Waals surface area contributed by atoms with Gasteiger partial charge in [-0.3, -0.25) is 4.79 Å². The van der Waals surface area contributed by atoms with Crippen LogP contribution in [0.5, 0.6) is 0 Å². The van der Waals surface area contributed by atoms with Gasteiger partial charge >= 0.3 is 0 Å². The molecule has 0 aliphatic rings. The molecule has 2 aromatic rings. The van der Waals surface area contributed by atoms with Gasteiger partial charge in [-0.05, 0) is 52.7 Å². The van der Waals surface area contributed by atoms with Crippen molar-refractivity contribution in [2.75, 3.05) is 0 Å². The number of aryl methyl sites for hydroxylation is 1. The van der Waals surface area contributed by atoms with Gasteiger partial charge in [-0.25, -0.2) is 4.39 Å². The first-order chi connectivity index (χ1) is 7.99. The Labute approximate surface area is 115 Å². The Morgan fingerprint density at radius 1 is 1.41 bits per heavy atom. The van der Waals surface area contributed by atoms with Crippen molar-refractivity contribution < 1.29 is 9.18 Å². The summed E-state index contributed by atoms with van der Waals surface area (Å²) in [5.41, 5.74) is 1.40. The summed E-state index contributed by atoms with van der Waals surface area (Å²) in [6, 6.07) is 5.79. The van der Waals surface area contributed by atoms with E-state index in [4.69, 9.17) is 11.6 Å². The van der Waals surface area contributed by atoms with Crippen LogP contribution in [0.4, 0.5) is 4.39 Å². The van der Waals surface area contributed by atoms with Gasteiger partial charge in [-0.15, -0.1) is 11.3 Å². The largest absolute Gasteiger partial charge is 0.288 e. The minimum atomic E-state index is -0.522. The van der Waals surface area contributed by atoms with E-state index in [2.05, 4.69) is 15.9 Å². The number of rotatable bonds is 2. The van der Waals surface area contributed by atoms with Crippen LogP contribution in [0.2, 0.25) is 5.02 Å². The van der Waals surface area contributed by atoms with Gasteiger partial charge in [-0.2, -0.15) is 0 Å². The monoisotopic (exact) mass is 332 g/mol. The van der Waals surface area contributed by atoms with E-state index in [-0.39, 0.29) is 10.8 Å². The van der Waals surface area contributed by atoms with Gasteiger partial charge in [-0.1, -0.05) is 11.6 Å². The van der Waals surface area contributed by atoms with Crippen LogP contribution >= 0.6 is 38.9 Å². The Balaban J connectivity index is 2.40. The van der Waals surface area contributed by atoms with Gasteiger partial charge in [0.05, 0.1) is 13.7 Å². The zero-order chi connectivity index (χ0) is 12.6. The van der Waals surface area contributed by atoms with E-state index in [1.165, 1.54) is 29.5 Å². The van der Waals surface area contributed by atoms with Crippen molar-refractivity contribution in [3.63, 3.8) is 0 Å². The molecule has 0 saturated carbocycles. The van der Waals surface area contributed by atoms with Crippen molar-refractivity contribution >= 4 is 44.7 Å². The van der Waals surface area contributed by atoms with E-state index in [0.717, 1.165) is 9.35 Å². The minimum absolute atomic E-state index is 0.0387. The second-order valence-electron chi connectivity index (χ2n) is 3.53. The lowest BCUT2D eigenvalue weighted by molar-refractivity contribution is 0.104. The van der Waals surface area contributed by atoms with E-state index in [1.807, 2.05) is 6.92 Å². The highest BCUT2D eigenvalue weighted by atomic mass is 79.9. The van der Waals surface area contributed by atoms with Crippen LogP contribution in [0.15, 0.2) is 28.1 Å². The SMILES string of the molecule is Cc1cc(C(=O)c2ccc(F)c(Cl)c2)sc1Br. The average Bonchev–Trinajstić information content (AvgIpc) is 2.62. The molecule has 0 bridgehead atoms. The molecule has 0 radical (unpaired) electrons. The first kappa shape index (κ1) is 12.7. The van der Waals surface area contributed by atoms with Gasteiger partial charge in [0.2, 0.25) is 5.78 Å². The lowest BCUT2D eigenvalue weighted by Crippen LogP contribution is -1.98. The summed E-state index contributed by atoms with van der Waals surface area (Å²) >= 11 is 10.4. The van der Waals surface area contributed by atoms with Crippen molar-refractivity contribution in [2.45, 2.75) is 6.92 Å². The summed E-state index contributed by atoms with van der Waals surface area (Å²) < 4.78 is 13.9. The second kappa shape index (κ2) is 4.88. The summed E-state index contributed by atoms with van der Waals surface area (Å²) in [6.07, 6.45) is 0. The Morgan fingerprint density at radius 2 is 2.12 bits per heavy atom. The molecule has 0 N–H and O–H groups in total. The van der Waals surface area contributed by atoms with Gasteiger partial charge < -0.3 is 0 Å². The number of hydrogen-bond donors (Lipinski definition) is 0. The number of ketones is 1. The Hall–Kier alpha value is -0.710. The Bertz CT molecular complexity index is 575. The van der Waals surface area contributed by atoms with E-state index < -0.39 is 5.82 Å². The zero-order valence-electron chi connectivity index (χ0n) is 8.76. The molecule has 0 fully saturated rings. The average molecular weight is 334 g/mol. The number of thiophene rings is 1. The van der Waals surface area contributed by atoms with Crippen molar-refractivity contribution in [3.8, 4) is 0 Å². The quantitative estimate of drug-likeness (QED) is 0.719. The first-order valence-corrected chi connectivity index (χ1v) is 6.73. The number of benzene rings is 1. The fraction of sp³-hybridized carbons (Fsp3) is 0.0833. The molecule has 0 atom stereocenters. The van der Waals surface area contributed by atoms with Crippen LogP contribution in [0.25, 0.3) is 0 Å². The molecular formula is C12H7BrClFOS. The van der Waals surface area contributed by atoms with Crippen LogP contribution < -0.4 is 0 Å². The summed E-state index contributed by atoms with van der Waals surface area (Å²) in [6.45, 7) is 1.91. The normalized spacial score (nSPS) is 10.6. The molecule has 2 rings (SSSR count). The molecule has 0 aliphatic carbocycles. The second-order valence-corrected chi connectivity index (χ2v) is 6.30. The molecular weight excluding hydrogens is 327 g/mol. The molecule has 1 heterocycles. The summed E-state index contributed by atoms with van der Waals surface area (Å²) in [5, 5.41) is -0.0387. The molecule has 0 aliphatic heterocycles. The topological polar surface area (TPSA) is 17.1 Å². The van der Waals surface area contributed by atoms with Crippen molar-refractivity contribution in [1.29, 1.82) is 0 Å². The predicted molar refractivity (Wildman–Crippen MR) is 71.6 cm³/mol. The predicted octanol–water partition coefficient (Wildman–Crippen LogP) is 4.84. The van der Waals surface area contributed by atoms with Crippen LogP contribution in [-0.2, 0) is 0 Å². The van der Waals surface area contributed by atoms with Crippen molar-refractivity contribution in [3.05, 3.63) is 54.9 Å². The van der Waals surface area contributed by atoms with Gasteiger partial charge in [0.1, 0.15) is 5.82 Å². The molecule has 0 saturated heterocycles. The van der Waals surface area contributed by atoms with E-state index in [1.54, 1.807) is 6.07 Å². The molecule has 88 valence electrons. The third-order valence-corrected chi connectivity index (χ3v) is 4.69. The fourth-order valence-corrected chi connectivity index (χ4v) is 3.03. The maximum Gasteiger partial charge on any atom is 0.203 e. The molecule has 1 aromatic carbocycles. The maximum absolute atomic E-state index is 13.0. The molecule has 1 nitrogen and oxygen atoms in total. The van der Waals surface area contributed by atoms with E-state index in [0.29, 0.717) is 10.4 Å². The number of carbonyl (C=O) groups excluding carboxylic acids is 1. The third-order valence-electron chi connectivity index (χ3n) is 2.26. The first-order valence-electron chi connectivity index (χ1n) is 4.74. The highest BCUT2D eigenvalue weighted by molar-refractivity contribution is 9.11. The summed E-state index contributed by atoms with van der Waals surface area (Å²) in [4.78, 5) is 12.7. The maximum atomic E-state index is 13.0. The van der Waals surface area contributed by atoms with Crippen molar-refractivity contribution in [2.24, 2.45) is 0 Å². The van der Waals surface area contributed by atoms with Gasteiger partial charge in [0.25, 0.3) is 0 Å². The number of carbonyl (C=O) groups is 1. The van der Waals surface area contributed by atoms with Crippen LogP contribution in [0.3, 0.4) is 0 Å². The summed E-state index contributed by atoms with van der Waals surface area (Å²) in [5.74, 6) is -0.669. The molecule has 17 heavy (non-hydrogen) atoms. The Kier molecular flexibility index (Phi) is 3.66. The highest BCUT2D eigenvalue weighted by Crippen LogP contribution is 2.29. The molecule has 0 unspecified atom stereocenters. The van der Waals surface area contributed by atoms with Crippen LogP contribution in [0.1, 0.15) is 20.8 Å². The highest BCUT2D eigenvalue weighted by Gasteiger charge is 2.14. The van der Waals surface area contributed by atoms with Crippen LogP contribution in [-0.4, -0.2) is 5.78 Å². The van der Waals surface area contributed by atoms with E-state index in [9.17, 15) is 9.18 Å². The Morgan fingerprint density at radius 3 is 2.65 bits per heavy atom.